The van der Waals surface area contributed by atoms with Crippen molar-refractivity contribution in [1.82, 2.24) is 38.2 Å². The fourth-order valence-corrected chi connectivity index (χ4v) is 11.6. The molecule has 0 radical (unpaired) electrons. The SMILES string of the molecule is Cc1cc(S(=O)(=O)N2CCC(OCCN3CCC(c4ccc5c(c4)n(C)c(=O)n5C4CCC(=O)NC4=O)CC3)CC2)ccc1Nc1ncc2cc(Cl)c(=O)n(C3CCCC3)c2n1. The van der Waals surface area contributed by atoms with Gasteiger partial charge in [-0.05, 0) is 118 Å². The van der Waals surface area contributed by atoms with Gasteiger partial charge in [-0.2, -0.15) is 9.29 Å². The van der Waals surface area contributed by atoms with E-state index in [2.05, 4.69) is 32.7 Å². The van der Waals surface area contributed by atoms with Crippen molar-refractivity contribution in [2.75, 3.05) is 44.6 Å². The summed E-state index contributed by atoms with van der Waals surface area (Å²) in [4.78, 5) is 62.4. The van der Waals surface area contributed by atoms with Gasteiger partial charge in [-0.3, -0.25) is 33.4 Å². The Morgan fingerprint density at radius 3 is 2.37 bits per heavy atom. The van der Waals surface area contributed by atoms with Crippen molar-refractivity contribution in [3.63, 3.8) is 0 Å². The molecule has 18 heteroatoms. The summed E-state index contributed by atoms with van der Waals surface area (Å²) in [5, 5.41) is 6.42. The summed E-state index contributed by atoms with van der Waals surface area (Å²) in [6.45, 7) is 5.80. The first-order valence-electron chi connectivity index (χ1n) is 21.7. The van der Waals surface area contributed by atoms with Crippen LogP contribution in [0.5, 0.6) is 0 Å². The van der Waals surface area contributed by atoms with Gasteiger partial charge in [-0.15, -0.1) is 0 Å². The number of aromatic nitrogens is 5. The first kappa shape index (κ1) is 42.4. The van der Waals surface area contributed by atoms with Crippen molar-refractivity contribution in [2.24, 2.45) is 7.05 Å². The Balaban J connectivity index is 0.751. The lowest BCUT2D eigenvalue weighted by molar-refractivity contribution is -0.135. The molecule has 2 amide bonds. The van der Waals surface area contributed by atoms with Crippen molar-refractivity contribution in [3.05, 3.63) is 85.6 Å². The molecule has 1 saturated carbocycles. The number of ether oxygens (including phenoxy) is 1. The van der Waals surface area contributed by atoms with E-state index in [1.807, 2.05) is 13.0 Å². The van der Waals surface area contributed by atoms with Gasteiger partial charge in [-0.1, -0.05) is 30.5 Å². The zero-order chi connectivity index (χ0) is 43.3. The van der Waals surface area contributed by atoms with Gasteiger partial charge in [0.25, 0.3) is 5.56 Å². The molecule has 2 N–H and O–H groups in total. The molecule has 0 spiro atoms. The minimum Gasteiger partial charge on any atom is -0.377 e. The van der Waals surface area contributed by atoms with Crippen molar-refractivity contribution in [1.29, 1.82) is 0 Å². The van der Waals surface area contributed by atoms with Crippen LogP contribution in [-0.2, 0) is 31.4 Å². The van der Waals surface area contributed by atoms with Crippen molar-refractivity contribution >= 4 is 67.1 Å². The molecule has 0 bridgehead atoms. The highest BCUT2D eigenvalue weighted by Gasteiger charge is 2.33. The number of aryl methyl sites for hydroxylation is 2. The van der Waals surface area contributed by atoms with Crippen LogP contribution in [0.25, 0.3) is 22.1 Å². The highest BCUT2D eigenvalue weighted by atomic mass is 35.5. The lowest BCUT2D eigenvalue weighted by atomic mass is 9.89. The van der Waals surface area contributed by atoms with Gasteiger partial charge < -0.3 is 15.0 Å². The van der Waals surface area contributed by atoms with Crippen LogP contribution in [0.15, 0.2) is 63.1 Å². The zero-order valence-electron chi connectivity index (χ0n) is 35.0. The number of benzene rings is 2. The number of imidazole rings is 1. The number of piperidine rings is 3. The molecule has 1 unspecified atom stereocenters. The summed E-state index contributed by atoms with van der Waals surface area (Å²) in [6.07, 6.45) is 9.20. The van der Waals surface area contributed by atoms with E-state index in [0.29, 0.717) is 73.1 Å². The number of rotatable bonds is 11. The van der Waals surface area contributed by atoms with Crippen LogP contribution in [0.3, 0.4) is 0 Å². The quantitative estimate of drug-likeness (QED) is 0.165. The second-order valence-electron chi connectivity index (χ2n) is 17.2. The standard InChI is InChI=1S/C44H52ClN9O7S/c1-27-23-33(8-9-35(27)47-43-46-26-30-24-34(45)42(57)53(40(30)49-43)31-5-3-4-6-31)62(59,60)52-19-15-32(16-20-52)61-22-21-51-17-13-28(14-18-51)29-7-10-36-38(25-29)50(2)44(58)54(36)37-11-12-39(55)48-41(37)56/h7-10,23-26,28,31-32,37H,3-6,11-22H2,1-2H3,(H,46,47,49)(H,48,55,56). The van der Waals surface area contributed by atoms with Gasteiger partial charge in [-0.25, -0.2) is 18.2 Å². The Hall–Kier alpha value is -4.94. The predicted molar refractivity (Wildman–Crippen MR) is 236 cm³/mol. The normalized spacial score (nSPS) is 20.4. The van der Waals surface area contributed by atoms with Gasteiger partial charge in [0.2, 0.25) is 27.8 Å². The molecule has 3 aromatic heterocycles. The number of carbonyl (C=O) groups is 2. The maximum atomic E-state index is 13.8. The minimum atomic E-state index is -3.73. The third kappa shape index (κ3) is 8.20. The van der Waals surface area contributed by atoms with Crippen LogP contribution in [0.1, 0.15) is 93.3 Å². The number of carbonyl (C=O) groups excluding carboxylic acids is 2. The summed E-state index contributed by atoms with van der Waals surface area (Å²) < 4.78 is 40.2. The molecule has 4 fully saturated rings. The first-order valence-corrected chi connectivity index (χ1v) is 23.5. The molecule has 5 aromatic rings. The Morgan fingerprint density at radius 1 is 0.887 bits per heavy atom. The third-order valence-electron chi connectivity index (χ3n) is 13.4. The van der Waals surface area contributed by atoms with Crippen LogP contribution < -0.4 is 21.9 Å². The predicted octanol–water partition coefficient (Wildman–Crippen LogP) is 5.29. The molecule has 1 aliphatic carbocycles. The molecule has 3 saturated heterocycles. The van der Waals surface area contributed by atoms with Crippen LogP contribution in [-0.4, -0.2) is 98.5 Å². The molecular weight excluding hydrogens is 834 g/mol. The summed E-state index contributed by atoms with van der Waals surface area (Å²) in [5.74, 6) is -0.0973. The number of pyridine rings is 1. The molecule has 2 aromatic carbocycles. The first-order chi connectivity index (χ1) is 29.8. The van der Waals surface area contributed by atoms with E-state index in [4.69, 9.17) is 21.3 Å². The number of sulfonamides is 1. The second-order valence-corrected chi connectivity index (χ2v) is 19.5. The van der Waals surface area contributed by atoms with E-state index < -0.39 is 22.0 Å². The molecule has 16 nitrogen and oxygen atoms in total. The Morgan fingerprint density at radius 2 is 1.65 bits per heavy atom. The number of nitrogens with one attached hydrogen (secondary N) is 2. The topological polar surface area (TPSA) is 183 Å². The number of imide groups is 1. The molecule has 9 rings (SSSR count). The molecule has 6 heterocycles. The van der Waals surface area contributed by atoms with Crippen LogP contribution in [0.2, 0.25) is 5.02 Å². The van der Waals surface area contributed by atoms with Crippen LogP contribution in [0.4, 0.5) is 11.6 Å². The van der Waals surface area contributed by atoms with E-state index in [9.17, 15) is 27.6 Å². The number of halogens is 1. The number of hydrogen-bond donors (Lipinski definition) is 2. The fraction of sp³-hybridized carbons (Fsp3) is 0.500. The summed E-state index contributed by atoms with van der Waals surface area (Å²) in [5.41, 5.74) is 4.03. The summed E-state index contributed by atoms with van der Waals surface area (Å²) in [7, 11) is -2.00. The average Bonchev–Trinajstić information content (AvgIpc) is 3.88. The number of nitrogens with zero attached hydrogens (tertiary/aromatic N) is 7. The molecule has 3 aliphatic heterocycles. The third-order valence-corrected chi connectivity index (χ3v) is 15.5. The van der Waals surface area contributed by atoms with E-state index in [-0.39, 0.29) is 45.6 Å². The summed E-state index contributed by atoms with van der Waals surface area (Å²) in [6, 6.07) is 12.0. The number of amides is 2. The van der Waals surface area contributed by atoms with Crippen molar-refractivity contribution in [3.8, 4) is 0 Å². The van der Waals surface area contributed by atoms with E-state index in [1.54, 1.807) is 50.9 Å². The molecule has 62 heavy (non-hydrogen) atoms. The van der Waals surface area contributed by atoms with Crippen LogP contribution >= 0.6 is 11.6 Å². The maximum Gasteiger partial charge on any atom is 0.329 e. The average molecular weight is 886 g/mol. The number of anilines is 2. The smallest absolute Gasteiger partial charge is 0.329 e. The molecular formula is C44H52ClN9O7S. The van der Waals surface area contributed by atoms with Gasteiger partial charge >= 0.3 is 5.69 Å². The van der Waals surface area contributed by atoms with Gasteiger partial charge in [0, 0.05) is 56.4 Å². The van der Waals surface area contributed by atoms with Gasteiger partial charge in [0.15, 0.2) is 0 Å². The largest absolute Gasteiger partial charge is 0.377 e. The number of hydrogen-bond acceptors (Lipinski definition) is 11. The monoisotopic (exact) mass is 885 g/mol. The highest BCUT2D eigenvalue weighted by molar-refractivity contribution is 7.89. The molecule has 328 valence electrons. The second kappa shape index (κ2) is 17.3. The molecule has 1 atom stereocenters. The van der Waals surface area contributed by atoms with Crippen LogP contribution in [0, 0.1) is 6.92 Å². The van der Waals surface area contributed by atoms with E-state index >= 15 is 0 Å². The zero-order valence-corrected chi connectivity index (χ0v) is 36.6. The number of likely N-dealkylation sites (tertiary alicyclic amines) is 1. The Labute approximate surface area is 364 Å². The summed E-state index contributed by atoms with van der Waals surface area (Å²) >= 11 is 6.30. The van der Waals surface area contributed by atoms with Gasteiger partial charge in [0.1, 0.15) is 16.7 Å². The highest BCUT2D eigenvalue weighted by Crippen LogP contribution is 2.34. The Kier molecular flexibility index (Phi) is 11.8. The molecule has 4 aliphatic rings. The Bertz CT molecular complexity index is 2780. The maximum absolute atomic E-state index is 13.8. The van der Waals surface area contributed by atoms with Crippen molar-refractivity contribution in [2.45, 2.75) is 100 Å². The van der Waals surface area contributed by atoms with E-state index in [0.717, 1.165) is 69.2 Å². The van der Waals surface area contributed by atoms with Crippen molar-refractivity contribution < 1.29 is 22.7 Å². The number of fused-ring (bicyclic) bond motifs is 2. The van der Waals surface area contributed by atoms with E-state index in [1.165, 1.54) is 10.1 Å². The minimum absolute atomic E-state index is 0.0128. The lowest BCUT2D eigenvalue weighted by Crippen LogP contribution is -2.44. The lowest BCUT2D eigenvalue weighted by Gasteiger charge is -2.34. The van der Waals surface area contributed by atoms with Gasteiger partial charge in [0.05, 0.1) is 28.6 Å². The fourth-order valence-electron chi connectivity index (χ4n) is 9.80.